The average molecular weight is 160 g/mol. The summed E-state index contributed by atoms with van der Waals surface area (Å²) in [6.07, 6.45) is 7.39. The van der Waals surface area contributed by atoms with Crippen LogP contribution in [0.15, 0.2) is 17.9 Å². The summed E-state index contributed by atoms with van der Waals surface area (Å²) in [5.74, 6) is 3.95. The second kappa shape index (κ2) is 2.26. The lowest BCUT2D eigenvalue weighted by atomic mass is 9.54. The molecule has 0 aromatic rings. The predicted molar refractivity (Wildman–Crippen MR) is 49.7 cm³/mol. The highest BCUT2D eigenvalue weighted by Gasteiger charge is 2.44. The van der Waals surface area contributed by atoms with Gasteiger partial charge in [0.1, 0.15) is 0 Å². The topological polar surface area (TPSA) is 0 Å². The van der Waals surface area contributed by atoms with E-state index in [4.69, 9.17) is 0 Å². The van der Waals surface area contributed by atoms with Crippen molar-refractivity contribution in [2.24, 2.45) is 23.7 Å². The first-order valence-corrected chi connectivity index (χ1v) is 5.26. The van der Waals surface area contributed by atoms with Crippen molar-refractivity contribution in [2.45, 2.75) is 32.1 Å². The van der Waals surface area contributed by atoms with Crippen molar-refractivity contribution in [3.05, 3.63) is 17.9 Å². The lowest BCUT2D eigenvalue weighted by Crippen LogP contribution is -2.39. The van der Waals surface area contributed by atoms with Crippen LogP contribution < -0.4 is 0 Å². The van der Waals surface area contributed by atoms with Crippen LogP contribution in [-0.4, -0.2) is 0 Å². The molecule has 0 atom stereocenters. The molecule has 4 fully saturated rings. The van der Waals surface area contributed by atoms with Crippen LogP contribution in [0, 0.1) is 23.7 Å². The van der Waals surface area contributed by atoms with Crippen LogP contribution in [0.4, 0.5) is 0 Å². The highest BCUT2D eigenvalue weighted by Crippen LogP contribution is 2.55. The molecule has 12 heavy (non-hydrogen) atoms. The summed E-state index contributed by atoms with van der Waals surface area (Å²) in [6, 6.07) is 0. The molecule has 0 nitrogen and oxygen atoms in total. The van der Waals surface area contributed by atoms with Gasteiger partial charge in [-0.2, -0.15) is 0 Å². The maximum atomic E-state index is 3.84. The van der Waals surface area contributed by atoms with Gasteiger partial charge in [0.05, 0.1) is 0 Å². The smallest absolute Gasteiger partial charge is 0.0119 e. The van der Waals surface area contributed by atoms with Crippen molar-refractivity contribution < 1.29 is 0 Å². The maximum Gasteiger partial charge on any atom is -0.0119 e. The van der Waals surface area contributed by atoms with Crippen LogP contribution in [0.1, 0.15) is 32.1 Å². The van der Waals surface area contributed by atoms with Crippen molar-refractivity contribution in [3.63, 3.8) is 0 Å². The maximum absolute atomic E-state index is 3.84. The Morgan fingerprint density at radius 1 is 0.917 bits per heavy atom. The van der Waals surface area contributed by atoms with E-state index in [1.807, 2.05) is 0 Å². The first-order chi connectivity index (χ1) is 5.86. The van der Waals surface area contributed by atoms with E-state index < -0.39 is 0 Å². The minimum Gasteiger partial charge on any atom is -0.129 e. The third kappa shape index (κ3) is 0.793. The molecule has 0 aliphatic heterocycles. The highest BCUT2D eigenvalue weighted by molar-refractivity contribution is 5.18. The van der Waals surface area contributed by atoms with Crippen LogP contribution in [0.3, 0.4) is 0 Å². The standard InChI is InChI=1S/C12H16/c1-2-12-10-4-8-3-9(6-10)7-11(12)5-8/h8-11H,1,3-7H2. The molecule has 4 bridgehead atoms. The number of hydrogen-bond donors (Lipinski definition) is 0. The Balaban J connectivity index is 2.00. The number of hydrogen-bond acceptors (Lipinski definition) is 0. The van der Waals surface area contributed by atoms with E-state index >= 15 is 0 Å². The Bertz CT molecular complexity index is 225. The number of rotatable bonds is 0. The molecule has 4 aliphatic rings. The molecule has 4 aliphatic carbocycles. The molecule has 0 heterocycles. The fourth-order valence-corrected chi connectivity index (χ4v) is 3.98. The van der Waals surface area contributed by atoms with Gasteiger partial charge in [0.2, 0.25) is 0 Å². The minimum absolute atomic E-state index is 0.902. The number of allylic oxidation sites excluding steroid dienone is 1. The first kappa shape index (κ1) is 6.97. The minimum atomic E-state index is 0.902. The van der Waals surface area contributed by atoms with Crippen molar-refractivity contribution in [2.75, 3.05) is 0 Å². The zero-order valence-electron chi connectivity index (χ0n) is 7.55. The van der Waals surface area contributed by atoms with Gasteiger partial charge in [0, 0.05) is 0 Å². The van der Waals surface area contributed by atoms with Crippen LogP contribution >= 0.6 is 0 Å². The summed E-state index contributed by atoms with van der Waals surface area (Å²) in [6.45, 7) is 3.84. The van der Waals surface area contributed by atoms with Gasteiger partial charge in [-0.1, -0.05) is 6.58 Å². The van der Waals surface area contributed by atoms with Crippen LogP contribution in [0.5, 0.6) is 0 Å². The Morgan fingerprint density at radius 3 is 1.83 bits per heavy atom. The zero-order valence-corrected chi connectivity index (χ0v) is 7.55. The second-order valence-electron chi connectivity index (χ2n) is 4.94. The van der Waals surface area contributed by atoms with Gasteiger partial charge in [-0.25, -0.2) is 0 Å². The van der Waals surface area contributed by atoms with E-state index in [0.717, 1.165) is 23.7 Å². The molecule has 0 aromatic carbocycles. The normalized spacial score (nSPS) is 49.5. The van der Waals surface area contributed by atoms with E-state index in [0.29, 0.717) is 0 Å². The molecule has 0 N–H and O–H groups in total. The molecule has 0 saturated heterocycles. The van der Waals surface area contributed by atoms with Crippen molar-refractivity contribution in [1.82, 2.24) is 0 Å². The highest BCUT2D eigenvalue weighted by atomic mass is 14.5. The summed E-state index contributed by atoms with van der Waals surface area (Å²) in [4.78, 5) is 0. The third-order valence-corrected chi connectivity index (χ3v) is 4.22. The SMILES string of the molecule is C=C=C1C2CC3CC(C2)CC1C3. The fraction of sp³-hybridized carbons (Fsp3) is 0.750. The molecule has 0 radical (unpaired) electrons. The van der Waals surface area contributed by atoms with E-state index in [9.17, 15) is 0 Å². The largest absolute Gasteiger partial charge is 0.129 e. The van der Waals surface area contributed by atoms with Crippen LogP contribution in [-0.2, 0) is 0 Å². The van der Waals surface area contributed by atoms with Crippen LogP contribution in [0.2, 0.25) is 0 Å². The van der Waals surface area contributed by atoms with Gasteiger partial charge in [-0.05, 0) is 61.3 Å². The molecule has 4 saturated carbocycles. The quantitative estimate of drug-likeness (QED) is 0.477. The molecule has 0 heteroatoms. The lowest BCUT2D eigenvalue weighted by molar-refractivity contribution is 0.0700. The first-order valence-electron chi connectivity index (χ1n) is 5.26. The summed E-state index contributed by atoms with van der Waals surface area (Å²) in [5.41, 5.74) is 4.81. The van der Waals surface area contributed by atoms with Crippen molar-refractivity contribution in [1.29, 1.82) is 0 Å². The molecule has 0 unspecified atom stereocenters. The van der Waals surface area contributed by atoms with E-state index in [1.165, 1.54) is 32.1 Å². The summed E-state index contributed by atoms with van der Waals surface area (Å²) >= 11 is 0. The second-order valence-corrected chi connectivity index (χ2v) is 4.94. The molecule has 0 spiro atoms. The van der Waals surface area contributed by atoms with Gasteiger partial charge in [0.15, 0.2) is 0 Å². The Kier molecular flexibility index (Phi) is 1.32. The summed E-state index contributed by atoms with van der Waals surface area (Å²) in [7, 11) is 0. The average Bonchev–Trinajstić information content (AvgIpc) is 2.02. The van der Waals surface area contributed by atoms with E-state index in [-0.39, 0.29) is 0 Å². The zero-order chi connectivity index (χ0) is 8.13. The van der Waals surface area contributed by atoms with E-state index in [1.54, 1.807) is 5.57 Å². The molecular formula is C12H16. The molecule has 0 aromatic heterocycles. The molecule has 64 valence electrons. The molecule has 0 amide bonds. The van der Waals surface area contributed by atoms with Crippen molar-refractivity contribution in [3.8, 4) is 0 Å². The summed E-state index contributed by atoms with van der Waals surface area (Å²) < 4.78 is 0. The fourth-order valence-electron chi connectivity index (χ4n) is 3.98. The lowest BCUT2D eigenvalue weighted by Gasteiger charge is -2.50. The monoisotopic (exact) mass is 160 g/mol. The third-order valence-electron chi connectivity index (χ3n) is 4.22. The Labute approximate surface area is 74.4 Å². The van der Waals surface area contributed by atoms with Gasteiger partial charge >= 0.3 is 0 Å². The van der Waals surface area contributed by atoms with Gasteiger partial charge in [-0.3, -0.25) is 0 Å². The van der Waals surface area contributed by atoms with Gasteiger partial charge < -0.3 is 0 Å². The van der Waals surface area contributed by atoms with Crippen LogP contribution in [0.25, 0.3) is 0 Å². The Morgan fingerprint density at radius 2 is 1.42 bits per heavy atom. The Hall–Kier alpha value is -0.480. The predicted octanol–water partition coefficient (Wildman–Crippen LogP) is 3.15. The van der Waals surface area contributed by atoms with Crippen molar-refractivity contribution >= 4 is 0 Å². The molecule has 4 rings (SSSR count). The van der Waals surface area contributed by atoms with Gasteiger partial charge in [0.25, 0.3) is 0 Å². The van der Waals surface area contributed by atoms with Gasteiger partial charge in [-0.15, -0.1) is 5.73 Å². The van der Waals surface area contributed by atoms with E-state index in [2.05, 4.69) is 12.3 Å². The summed E-state index contributed by atoms with van der Waals surface area (Å²) in [5, 5.41) is 0. The molecular weight excluding hydrogens is 144 g/mol.